The molecule has 0 aromatic heterocycles. The molecule has 2 aromatic carbocycles. The zero-order valence-electron chi connectivity index (χ0n) is 11.9. The van der Waals surface area contributed by atoms with Crippen molar-refractivity contribution in [3.05, 3.63) is 58.9 Å². The number of aromatic hydroxyl groups is 1. The third kappa shape index (κ3) is 2.85. The lowest BCUT2D eigenvalue weighted by atomic mass is 9.90. The molecule has 3 rings (SSSR count). The second kappa shape index (κ2) is 5.74. The number of hydrogen-bond acceptors (Lipinski definition) is 3. The van der Waals surface area contributed by atoms with Crippen LogP contribution in [0.1, 0.15) is 22.7 Å². The van der Waals surface area contributed by atoms with Gasteiger partial charge >= 0.3 is 0 Å². The summed E-state index contributed by atoms with van der Waals surface area (Å²) in [7, 11) is 1.46. The molecule has 1 atom stereocenters. The quantitative estimate of drug-likeness (QED) is 0.912. The summed E-state index contributed by atoms with van der Waals surface area (Å²) < 4.78 is 18.7. The van der Waals surface area contributed by atoms with Gasteiger partial charge in [0, 0.05) is 6.04 Å². The van der Waals surface area contributed by atoms with Crippen molar-refractivity contribution in [3.63, 3.8) is 0 Å². The van der Waals surface area contributed by atoms with Gasteiger partial charge in [0.25, 0.3) is 0 Å². The van der Waals surface area contributed by atoms with E-state index in [4.69, 9.17) is 4.74 Å². The smallest absolute Gasteiger partial charge is 0.165 e. The van der Waals surface area contributed by atoms with Crippen LogP contribution in [0, 0.1) is 5.82 Å². The number of halogens is 1. The Morgan fingerprint density at radius 3 is 2.90 bits per heavy atom. The molecule has 0 saturated carbocycles. The van der Waals surface area contributed by atoms with E-state index in [-0.39, 0.29) is 23.4 Å². The number of phenols is 1. The highest BCUT2D eigenvalue weighted by molar-refractivity contribution is 5.40. The molecular weight excluding hydrogens is 269 g/mol. The minimum atomic E-state index is -0.345. The lowest BCUT2D eigenvalue weighted by Gasteiger charge is -2.27. The fraction of sp³-hybridized carbons (Fsp3) is 0.294. The normalized spacial score (nSPS) is 17.3. The van der Waals surface area contributed by atoms with Crippen LogP contribution < -0.4 is 10.1 Å². The third-order valence-corrected chi connectivity index (χ3v) is 3.95. The van der Waals surface area contributed by atoms with Gasteiger partial charge in [-0.05, 0) is 60.3 Å². The van der Waals surface area contributed by atoms with Gasteiger partial charge < -0.3 is 15.2 Å². The van der Waals surface area contributed by atoms with Gasteiger partial charge in [0.2, 0.25) is 0 Å². The Labute approximate surface area is 123 Å². The van der Waals surface area contributed by atoms with E-state index in [0.717, 1.165) is 24.1 Å². The molecule has 1 unspecified atom stereocenters. The molecule has 1 heterocycles. The predicted octanol–water partition coefficient (Wildman–Crippen LogP) is 2.97. The van der Waals surface area contributed by atoms with Crippen molar-refractivity contribution < 1.29 is 14.2 Å². The minimum absolute atomic E-state index is 0.0913. The summed E-state index contributed by atoms with van der Waals surface area (Å²) in [6.45, 7) is 0.890. The molecule has 0 saturated heterocycles. The molecular formula is C17H18FNO2. The molecule has 0 fully saturated rings. The number of ether oxygens (including phenoxy) is 1. The van der Waals surface area contributed by atoms with Crippen molar-refractivity contribution in [1.82, 2.24) is 5.32 Å². The summed E-state index contributed by atoms with van der Waals surface area (Å²) in [6.07, 6.45) is 1.63. The first kappa shape index (κ1) is 13.9. The van der Waals surface area contributed by atoms with Gasteiger partial charge in [-0.15, -0.1) is 0 Å². The molecule has 3 nitrogen and oxygen atoms in total. The molecule has 1 aliphatic rings. The van der Waals surface area contributed by atoms with E-state index >= 15 is 0 Å². The van der Waals surface area contributed by atoms with Crippen LogP contribution >= 0.6 is 0 Å². The number of benzene rings is 2. The number of phenolic OH excluding ortho intramolecular Hbond substituents is 1. The summed E-state index contributed by atoms with van der Waals surface area (Å²) >= 11 is 0. The van der Waals surface area contributed by atoms with Crippen LogP contribution in [0.5, 0.6) is 11.5 Å². The Hall–Kier alpha value is -2.07. The van der Waals surface area contributed by atoms with E-state index in [2.05, 4.69) is 5.32 Å². The molecule has 110 valence electrons. The second-order valence-corrected chi connectivity index (χ2v) is 5.31. The third-order valence-electron chi connectivity index (χ3n) is 3.95. The summed E-state index contributed by atoms with van der Waals surface area (Å²) in [5.41, 5.74) is 3.24. The van der Waals surface area contributed by atoms with E-state index in [9.17, 15) is 9.50 Å². The Morgan fingerprint density at radius 2 is 2.14 bits per heavy atom. The Balaban J connectivity index is 1.86. The average Bonchev–Trinajstić information content (AvgIpc) is 2.48. The van der Waals surface area contributed by atoms with E-state index in [0.29, 0.717) is 6.42 Å². The SMILES string of the molecule is COc1ccc(CC2NCCc3ccc(O)cc32)cc1F. The zero-order chi connectivity index (χ0) is 14.8. The molecule has 0 spiro atoms. The highest BCUT2D eigenvalue weighted by Crippen LogP contribution is 2.29. The van der Waals surface area contributed by atoms with E-state index in [1.165, 1.54) is 18.7 Å². The van der Waals surface area contributed by atoms with Gasteiger partial charge in [0.15, 0.2) is 11.6 Å². The van der Waals surface area contributed by atoms with E-state index < -0.39 is 0 Å². The van der Waals surface area contributed by atoms with Crippen LogP contribution in [0.25, 0.3) is 0 Å². The first-order valence-electron chi connectivity index (χ1n) is 7.05. The fourth-order valence-corrected chi connectivity index (χ4v) is 2.88. The van der Waals surface area contributed by atoms with Crippen molar-refractivity contribution in [2.45, 2.75) is 18.9 Å². The predicted molar refractivity (Wildman–Crippen MR) is 79.2 cm³/mol. The topological polar surface area (TPSA) is 41.5 Å². The largest absolute Gasteiger partial charge is 0.508 e. The average molecular weight is 287 g/mol. The number of methoxy groups -OCH3 is 1. The molecule has 0 bridgehead atoms. The standard InChI is InChI=1S/C17H18FNO2/c1-21-17-5-2-11(8-15(17)18)9-16-14-10-13(20)4-3-12(14)6-7-19-16/h2-5,8,10,16,19-20H,6-7,9H2,1H3. The number of fused-ring (bicyclic) bond motifs is 1. The van der Waals surface area contributed by atoms with Crippen molar-refractivity contribution in [1.29, 1.82) is 0 Å². The summed E-state index contributed by atoms with van der Waals surface area (Å²) in [4.78, 5) is 0. The monoisotopic (exact) mass is 287 g/mol. The summed E-state index contributed by atoms with van der Waals surface area (Å²) in [5.74, 6) is 0.179. The lowest BCUT2D eigenvalue weighted by Crippen LogP contribution is -2.31. The van der Waals surface area contributed by atoms with Gasteiger partial charge in [-0.2, -0.15) is 0 Å². The molecule has 0 radical (unpaired) electrons. The van der Waals surface area contributed by atoms with Crippen molar-refractivity contribution in [2.24, 2.45) is 0 Å². The summed E-state index contributed by atoms with van der Waals surface area (Å²) in [5, 5.41) is 13.1. The Kier molecular flexibility index (Phi) is 3.80. The molecule has 2 N–H and O–H groups in total. The van der Waals surface area contributed by atoms with Gasteiger partial charge in [-0.3, -0.25) is 0 Å². The van der Waals surface area contributed by atoms with Gasteiger partial charge in [-0.1, -0.05) is 12.1 Å². The van der Waals surface area contributed by atoms with Crippen LogP contribution in [0.15, 0.2) is 36.4 Å². The molecule has 1 aliphatic heterocycles. The second-order valence-electron chi connectivity index (χ2n) is 5.31. The van der Waals surface area contributed by atoms with Crippen LogP contribution in [-0.4, -0.2) is 18.8 Å². The number of nitrogens with one attached hydrogen (secondary N) is 1. The van der Waals surface area contributed by atoms with E-state index in [1.54, 1.807) is 18.2 Å². The number of rotatable bonds is 3. The van der Waals surface area contributed by atoms with E-state index in [1.807, 2.05) is 12.1 Å². The Morgan fingerprint density at radius 1 is 1.29 bits per heavy atom. The maximum Gasteiger partial charge on any atom is 0.165 e. The summed E-state index contributed by atoms with van der Waals surface area (Å²) in [6, 6.07) is 10.6. The van der Waals surface area contributed by atoms with Crippen molar-refractivity contribution in [2.75, 3.05) is 13.7 Å². The van der Waals surface area contributed by atoms with Crippen LogP contribution in [0.3, 0.4) is 0 Å². The highest BCUT2D eigenvalue weighted by Gasteiger charge is 2.20. The minimum Gasteiger partial charge on any atom is -0.508 e. The van der Waals surface area contributed by atoms with Crippen LogP contribution in [0.4, 0.5) is 4.39 Å². The molecule has 2 aromatic rings. The maximum absolute atomic E-state index is 13.8. The first-order valence-corrected chi connectivity index (χ1v) is 7.05. The van der Waals surface area contributed by atoms with Crippen LogP contribution in [-0.2, 0) is 12.8 Å². The van der Waals surface area contributed by atoms with Gasteiger partial charge in [-0.25, -0.2) is 4.39 Å². The molecule has 0 amide bonds. The zero-order valence-corrected chi connectivity index (χ0v) is 11.9. The molecule has 21 heavy (non-hydrogen) atoms. The van der Waals surface area contributed by atoms with Crippen LogP contribution in [0.2, 0.25) is 0 Å². The van der Waals surface area contributed by atoms with Gasteiger partial charge in [0.05, 0.1) is 7.11 Å². The van der Waals surface area contributed by atoms with Crippen molar-refractivity contribution in [3.8, 4) is 11.5 Å². The first-order chi connectivity index (χ1) is 10.2. The number of hydrogen-bond donors (Lipinski definition) is 2. The fourth-order valence-electron chi connectivity index (χ4n) is 2.88. The molecule has 4 heteroatoms. The Bertz CT molecular complexity index is 657. The highest BCUT2D eigenvalue weighted by atomic mass is 19.1. The lowest BCUT2D eigenvalue weighted by molar-refractivity contribution is 0.385. The van der Waals surface area contributed by atoms with Crippen molar-refractivity contribution >= 4 is 0 Å². The molecule has 0 aliphatic carbocycles. The van der Waals surface area contributed by atoms with Gasteiger partial charge in [0.1, 0.15) is 5.75 Å². The maximum atomic E-state index is 13.8.